The normalized spacial score (nSPS) is 40.2. The molecule has 170 valence electrons. The first kappa shape index (κ1) is 23.6. The van der Waals surface area contributed by atoms with Crippen LogP contribution in [0.5, 0.6) is 0 Å². The standard InChI is InChI=1S/C28H52O/c1-5-28(4,6-2)26-9-7-8-23(19-27(29)20-26)18-22-12-16-25(17-13-22)24-14-10-21(3)11-15-24/h21-27,29H,5-20H2,1-4H3. The second-order valence-corrected chi connectivity index (χ2v) is 12.0. The molecule has 0 amide bonds. The van der Waals surface area contributed by atoms with Crippen molar-refractivity contribution in [1.82, 2.24) is 0 Å². The van der Waals surface area contributed by atoms with Crippen molar-refractivity contribution in [2.24, 2.45) is 40.9 Å². The van der Waals surface area contributed by atoms with Crippen LogP contribution in [-0.2, 0) is 0 Å². The summed E-state index contributed by atoms with van der Waals surface area (Å²) < 4.78 is 0. The van der Waals surface area contributed by atoms with Gasteiger partial charge in [0.15, 0.2) is 0 Å². The van der Waals surface area contributed by atoms with E-state index < -0.39 is 0 Å². The van der Waals surface area contributed by atoms with E-state index in [1.807, 2.05) is 0 Å². The van der Waals surface area contributed by atoms with Crippen molar-refractivity contribution < 1.29 is 5.11 Å². The second-order valence-electron chi connectivity index (χ2n) is 12.0. The van der Waals surface area contributed by atoms with Crippen LogP contribution in [0.15, 0.2) is 0 Å². The fraction of sp³-hybridized carbons (Fsp3) is 1.00. The number of aliphatic hydroxyl groups excluding tert-OH is 1. The van der Waals surface area contributed by atoms with Gasteiger partial charge in [0.1, 0.15) is 0 Å². The maximum Gasteiger partial charge on any atom is 0.0545 e. The predicted octanol–water partition coefficient (Wildman–Crippen LogP) is 8.39. The molecule has 1 heteroatoms. The van der Waals surface area contributed by atoms with Gasteiger partial charge in [-0.1, -0.05) is 79.1 Å². The molecule has 0 saturated heterocycles. The van der Waals surface area contributed by atoms with Crippen LogP contribution in [0.1, 0.15) is 130 Å². The molecular formula is C28H52O. The molecule has 0 radical (unpaired) electrons. The van der Waals surface area contributed by atoms with Gasteiger partial charge in [-0.3, -0.25) is 0 Å². The van der Waals surface area contributed by atoms with E-state index in [4.69, 9.17) is 0 Å². The fourth-order valence-corrected chi connectivity index (χ4v) is 7.50. The Morgan fingerprint density at radius 3 is 1.90 bits per heavy atom. The molecule has 0 aromatic heterocycles. The topological polar surface area (TPSA) is 20.2 Å². The molecule has 0 aromatic rings. The van der Waals surface area contributed by atoms with Gasteiger partial charge in [-0.05, 0) is 92.3 Å². The van der Waals surface area contributed by atoms with Crippen molar-refractivity contribution in [3.05, 3.63) is 0 Å². The van der Waals surface area contributed by atoms with E-state index in [2.05, 4.69) is 27.7 Å². The number of aliphatic hydroxyl groups is 1. The van der Waals surface area contributed by atoms with Gasteiger partial charge in [-0.25, -0.2) is 0 Å². The molecule has 0 aromatic carbocycles. The van der Waals surface area contributed by atoms with Crippen molar-refractivity contribution in [3.8, 4) is 0 Å². The van der Waals surface area contributed by atoms with Crippen molar-refractivity contribution in [2.75, 3.05) is 0 Å². The van der Waals surface area contributed by atoms with Gasteiger partial charge < -0.3 is 5.11 Å². The highest BCUT2D eigenvalue weighted by Crippen LogP contribution is 2.45. The summed E-state index contributed by atoms with van der Waals surface area (Å²) in [5.41, 5.74) is 0.434. The molecule has 3 aliphatic rings. The molecule has 0 heterocycles. The van der Waals surface area contributed by atoms with E-state index in [1.165, 1.54) is 89.9 Å². The summed E-state index contributed by atoms with van der Waals surface area (Å²) in [4.78, 5) is 0. The molecule has 3 aliphatic carbocycles. The third-order valence-electron chi connectivity index (χ3n) is 10.2. The molecule has 3 saturated carbocycles. The van der Waals surface area contributed by atoms with E-state index in [9.17, 15) is 5.11 Å². The highest BCUT2D eigenvalue weighted by atomic mass is 16.3. The second kappa shape index (κ2) is 11.0. The Morgan fingerprint density at radius 2 is 1.31 bits per heavy atom. The molecule has 0 aliphatic heterocycles. The lowest BCUT2D eigenvalue weighted by Crippen LogP contribution is -2.32. The van der Waals surface area contributed by atoms with Gasteiger partial charge in [0.25, 0.3) is 0 Å². The molecular weight excluding hydrogens is 352 g/mol. The van der Waals surface area contributed by atoms with Crippen LogP contribution in [0.2, 0.25) is 0 Å². The first-order valence-corrected chi connectivity index (χ1v) is 13.6. The number of hydrogen-bond donors (Lipinski definition) is 1. The summed E-state index contributed by atoms with van der Waals surface area (Å²) in [6.45, 7) is 9.61. The Kier molecular flexibility index (Phi) is 8.97. The van der Waals surface area contributed by atoms with Crippen molar-refractivity contribution in [1.29, 1.82) is 0 Å². The van der Waals surface area contributed by atoms with Crippen molar-refractivity contribution >= 4 is 0 Å². The van der Waals surface area contributed by atoms with Crippen LogP contribution in [-0.4, -0.2) is 11.2 Å². The minimum atomic E-state index is -0.0525. The molecule has 3 rings (SSSR count). The molecule has 3 fully saturated rings. The molecule has 0 spiro atoms. The quantitative estimate of drug-likeness (QED) is 0.471. The minimum Gasteiger partial charge on any atom is -0.393 e. The average molecular weight is 405 g/mol. The molecule has 29 heavy (non-hydrogen) atoms. The zero-order valence-corrected chi connectivity index (χ0v) is 20.3. The predicted molar refractivity (Wildman–Crippen MR) is 126 cm³/mol. The lowest BCUT2D eigenvalue weighted by atomic mass is 9.65. The smallest absolute Gasteiger partial charge is 0.0545 e. The Morgan fingerprint density at radius 1 is 0.724 bits per heavy atom. The summed E-state index contributed by atoms with van der Waals surface area (Å²) >= 11 is 0. The van der Waals surface area contributed by atoms with Gasteiger partial charge >= 0.3 is 0 Å². The van der Waals surface area contributed by atoms with Gasteiger partial charge in [-0.2, -0.15) is 0 Å². The average Bonchev–Trinajstić information content (AvgIpc) is 2.72. The zero-order chi connectivity index (χ0) is 20.9. The minimum absolute atomic E-state index is 0.0525. The maximum atomic E-state index is 10.9. The zero-order valence-electron chi connectivity index (χ0n) is 20.3. The monoisotopic (exact) mass is 404 g/mol. The van der Waals surface area contributed by atoms with Crippen LogP contribution in [0, 0.1) is 40.9 Å². The number of hydrogen-bond acceptors (Lipinski definition) is 1. The Labute approximate surface area is 182 Å². The van der Waals surface area contributed by atoms with E-state index in [0.29, 0.717) is 5.41 Å². The highest BCUT2D eigenvalue weighted by Gasteiger charge is 2.35. The molecule has 3 atom stereocenters. The maximum absolute atomic E-state index is 10.9. The lowest BCUT2D eigenvalue weighted by Gasteiger charge is -2.41. The Bertz CT molecular complexity index is 451. The third kappa shape index (κ3) is 6.47. The van der Waals surface area contributed by atoms with Crippen LogP contribution >= 0.6 is 0 Å². The van der Waals surface area contributed by atoms with Crippen LogP contribution in [0.25, 0.3) is 0 Å². The van der Waals surface area contributed by atoms with E-state index in [1.54, 1.807) is 0 Å². The third-order valence-corrected chi connectivity index (χ3v) is 10.2. The lowest BCUT2D eigenvalue weighted by molar-refractivity contribution is 0.0395. The van der Waals surface area contributed by atoms with E-state index >= 15 is 0 Å². The van der Waals surface area contributed by atoms with E-state index in [0.717, 1.165) is 48.3 Å². The largest absolute Gasteiger partial charge is 0.393 e. The molecule has 1 nitrogen and oxygen atoms in total. The molecule has 3 unspecified atom stereocenters. The first-order valence-electron chi connectivity index (χ1n) is 13.6. The van der Waals surface area contributed by atoms with Crippen LogP contribution in [0.3, 0.4) is 0 Å². The molecule has 1 N–H and O–H groups in total. The Balaban J connectivity index is 1.42. The van der Waals surface area contributed by atoms with Gasteiger partial charge in [0.05, 0.1) is 6.10 Å². The van der Waals surface area contributed by atoms with Crippen LogP contribution < -0.4 is 0 Å². The summed E-state index contributed by atoms with van der Waals surface area (Å²) in [7, 11) is 0. The van der Waals surface area contributed by atoms with Gasteiger partial charge in [-0.15, -0.1) is 0 Å². The van der Waals surface area contributed by atoms with Crippen LogP contribution in [0.4, 0.5) is 0 Å². The summed E-state index contributed by atoms with van der Waals surface area (Å²) in [5.74, 6) is 5.56. The van der Waals surface area contributed by atoms with Gasteiger partial charge in [0, 0.05) is 0 Å². The van der Waals surface area contributed by atoms with E-state index in [-0.39, 0.29) is 6.10 Å². The van der Waals surface area contributed by atoms with Crippen molar-refractivity contribution in [3.63, 3.8) is 0 Å². The van der Waals surface area contributed by atoms with Crippen molar-refractivity contribution in [2.45, 2.75) is 137 Å². The fourth-order valence-electron chi connectivity index (χ4n) is 7.50. The summed E-state index contributed by atoms with van der Waals surface area (Å²) in [5, 5.41) is 10.9. The van der Waals surface area contributed by atoms with Gasteiger partial charge in [0.2, 0.25) is 0 Å². The molecule has 0 bridgehead atoms. The summed E-state index contributed by atoms with van der Waals surface area (Å²) in [6.07, 6.45) is 22.1. The summed E-state index contributed by atoms with van der Waals surface area (Å²) in [6, 6.07) is 0. The SMILES string of the molecule is CCC(C)(CC)C1CCCC(CC2CCC(C3CCC(C)CC3)CC2)CC(O)C1. The Hall–Kier alpha value is -0.0400. The highest BCUT2D eigenvalue weighted by molar-refractivity contribution is 4.86. The number of rotatable bonds is 6. The first-order chi connectivity index (χ1) is 13.9.